The molecule has 0 aliphatic carbocycles. The van der Waals surface area contributed by atoms with Crippen molar-refractivity contribution in [1.29, 1.82) is 0 Å². The molecule has 0 radical (unpaired) electrons. The first-order valence-electron chi connectivity index (χ1n) is 7.01. The maximum Gasteiger partial charge on any atom is 0.282 e. The van der Waals surface area contributed by atoms with Gasteiger partial charge in [0, 0.05) is 18.7 Å². The summed E-state index contributed by atoms with van der Waals surface area (Å²) in [6, 6.07) is 6.19. The second kappa shape index (κ2) is 7.73. The highest BCUT2D eigenvalue weighted by Gasteiger charge is 2.20. The number of hydrogen-bond donors (Lipinski definition) is 1. The molecule has 0 saturated heterocycles. The number of nitrogens with one attached hydrogen (secondary N) is 1. The average molecular weight is 293 g/mol. The van der Waals surface area contributed by atoms with E-state index in [1.54, 1.807) is 12.1 Å². The Balaban J connectivity index is 2.75. The molecule has 1 N–H and O–H groups in total. The lowest BCUT2D eigenvalue weighted by Crippen LogP contribution is -2.41. The summed E-state index contributed by atoms with van der Waals surface area (Å²) in [7, 11) is 3.92. The molecule has 6 nitrogen and oxygen atoms in total. The number of hydrogen-bond acceptors (Lipinski definition) is 4. The van der Waals surface area contributed by atoms with Crippen molar-refractivity contribution in [1.82, 2.24) is 10.2 Å². The highest BCUT2D eigenvalue weighted by Crippen LogP contribution is 2.17. The third-order valence-electron chi connectivity index (χ3n) is 3.32. The van der Waals surface area contributed by atoms with E-state index in [2.05, 4.69) is 24.1 Å². The van der Waals surface area contributed by atoms with Crippen molar-refractivity contribution in [2.45, 2.75) is 26.3 Å². The van der Waals surface area contributed by atoms with Crippen LogP contribution in [0.1, 0.15) is 30.6 Å². The average Bonchev–Trinajstić information content (AvgIpc) is 2.42. The van der Waals surface area contributed by atoms with Gasteiger partial charge >= 0.3 is 0 Å². The van der Waals surface area contributed by atoms with Gasteiger partial charge in [-0.15, -0.1) is 0 Å². The van der Waals surface area contributed by atoms with E-state index >= 15 is 0 Å². The van der Waals surface area contributed by atoms with Crippen LogP contribution in [-0.4, -0.2) is 42.4 Å². The van der Waals surface area contributed by atoms with E-state index < -0.39 is 10.8 Å². The highest BCUT2D eigenvalue weighted by molar-refractivity contribution is 5.98. The van der Waals surface area contributed by atoms with E-state index in [0.717, 1.165) is 6.42 Å². The molecule has 6 heteroatoms. The Morgan fingerprint density at radius 3 is 2.48 bits per heavy atom. The maximum atomic E-state index is 12.1. The van der Waals surface area contributed by atoms with Crippen LogP contribution in [0.15, 0.2) is 24.3 Å². The highest BCUT2D eigenvalue weighted by atomic mass is 16.6. The number of nitrogens with zero attached hydrogens (tertiary/aromatic N) is 2. The SMILES string of the molecule is CC(C)CC(CNC(=O)c1ccccc1[N+](=O)[O-])N(C)C. The third kappa shape index (κ3) is 5.15. The molecule has 0 aliphatic rings. The molecule has 1 aromatic rings. The van der Waals surface area contributed by atoms with E-state index in [-0.39, 0.29) is 17.3 Å². The number of para-hydroxylation sites is 1. The third-order valence-corrected chi connectivity index (χ3v) is 3.32. The predicted molar refractivity (Wildman–Crippen MR) is 82.4 cm³/mol. The van der Waals surface area contributed by atoms with Gasteiger partial charge in [-0.05, 0) is 32.5 Å². The van der Waals surface area contributed by atoms with Crippen LogP contribution < -0.4 is 5.32 Å². The molecule has 0 spiro atoms. The Labute approximate surface area is 125 Å². The summed E-state index contributed by atoms with van der Waals surface area (Å²) in [5, 5.41) is 13.7. The van der Waals surface area contributed by atoms with E-state index in [9.17, 15) is 14.9 Å². The monoisotopic (exact) mass is 293 g/mol. The summed E-state index contributed by atoms with van der Waals surface area (Å²) in [5.74, 6) is 0.110. The zero-order valence-electron chi connectivity index (χ0n) is 13.0. The molecule has 1 atom stereocenters. The molecule has 0 heterocycles. The van der Waals surface area contributed by atoms with Crippen LogP contribution in [0.4, 0.5) is 5.69 Å². The maximum absolute atomic E-state index is 12.1. The van der Waals surface area contributed by atoms with Crippen LogP contribution in [0.2, 0.25) is 0 Å². The second-order valence-corrected chi connectivity index (χ2v) is 5.73. The standard InChI is InChI=1S/C15H23N3O3/c1-11(2)9-12(17(3)4)10-16-15(19)13-7-5-6-8-14(13)18(20)21/h5-8,11-12H,9-10H2,1-4H3,(H,16,19). The van der Waals surface area contributed by atoms with Crippen molar-refractivity contribution in [2.24, 2.45) is 5.92 Å². The van der Waals surface area contributed by atoms with Crippen LogP contribution in [0.5, 0.6) is 0 Å². The quantitative estimate of drug-likeness (QED) is 0.618. The minimum absolute atomic E-state index is 0.101. The van der Waals surface area contributed by atoms with Gasteiger partial charge in [0.2, 0.25) is 0 Å². The lowest BCUT2D eigenvalue weighted by atomic mass is 10.0. The minimum atomic E-state index is -0.535. The number of rotatable bonds is 7. The number of likely N-dealkylation sites (N-methyl/N-ethyl adjacent to an activating group) is 1. The number of nitro groups is 1. The molecule has 21 heavy (non-hydrogen) atoms. The summed E-state index contributed by atoms with van der Waals surface area (Å²) < 4.78 is 0. The van der Waals surface area contributed by atoms with Gasteiger partial charge in [-0.2, -0.15) is 0 Å². The Kier molecular flexibility index (Phi) is 6.30. The molecule has 0 fully saturated rings. The van der Waals surface area contributed by atoms with Gasteiger partial charge in [0.15, 0.2) is 0 Å². The Morgan fingerprint density at radius 1 is 1.33 bits per heavy atom. The fourth-order valence-electron chi connectivity index (χ4n) is 2.15. The number of carbonyl (C=O) groups is 1. The number of nitro benzene ring substituents is 1. The van der Waals surface area contributed by atoms with Crippen LogP contribution in [0, 0.1) is 16.0 Å². The molecule has 1 rings (SSSR count). The number of amides is 1. The summed E-state index contributed by atoms with van der Waals surface area (Å²) >= 11 is 0. The van der Waals surface area contributed by atoms with Gasteiger partial charge < -0.3 is 10.2 Å². The molecule has 0 aromatic heterocycles. The number of benzene rings is 1. The first kappa shape index (κ1) is 17.1. The topological polar surface area (TPSA) is 75.5 Å². The summed E-state index contributed by atoms with van der Waals surface area (Å²) in [5.41, 5.74) is -0.0650. The first-order valence-corrected chi connectivity index (χ1v) is 7.01. The summed E-state index contributed by atoms with van der Waals surface area (Å²) in [4.78, 5) is 24.6. The Morgan fingerprint density at radius 2 is 1.95 bits per heavy atom. The van der Waals surface area contributed by atoms with Crippen molar-refractivity contribution in [3.63, 3.8) is 0 Å². The van der Waals surface area contributed by atoms with Crippen LogP contribution in [0.3, 0.4) is 0 Å². The van der Waals surface area contributed by atoms with Crippen LogP contribution >= 0.6 is 0 Å². The molecule has 116 valence electrons. The van der Waals surface area contributed by atoms with E-state index in [1.165, 1.54) is 12.1 Å². The van der Waals surface area contributed by atoms with Gasteiger partial charge in [0.25, 0.3) is 11.6 Å². The van der Waals surface area contributed by atoms with Crippen molar-refractivity contribution in [2.75, 3.05) is 20.6 Å². The lowest BCUT2D eigenvalue weighted by Gasteiger charge is -2.26. The largest absolute Gasteiger partial charge is 0.350 e. The van der Waals surface area contributed by atoms with E-state index in [0.29, 0.717) is 12.5 Å². The molecule has 0 bridgehead atoms. The summed E-state index contributed by atoms with van der Waals surface area (Å²) in [6.07, 6.45) is 0.949. The Hall–Kier alpha value is -1.95. The predicted octanol–water partition coefficient (Wildman–Crippen LogP) is 2.30. The van der Waals surface area contributed by atoms with Gasteiger partial charge in [-0.3, -0.25) is 14.9 Å². The van der Waals surface area contributed by atoms with Crippen molar-refractivity contribution >= 4 is 11.6 Å². The van der Waals surface area contributed by atoms with Crippen LogP contribution in [0.25, 0.3) is 0 Å². The molecular formula is C15H23N3O3. The van der Waals surface area contributed by atoms with E-state index in [1.807, 2.05) is 14.1 Å². The normalized spacial score (nSPS) is 12.5. The number of carbonyl (C=O) groups excluding carboxylic acids is 1. The molecule has 1 aromatic carbocycles. The van der Waals surface area contributed by atoms with Crippen molar-refractivity contribution in [3.8, 4) is 0 Å². The fourth-order valence-corrected chi connectivity index (χ4v) is 2.15. The molecule has 1 unspecified atom stereocenters. The first-order chi connectivity index (χ1) is 9.82. The second-order valence-electron chi connectivity index (χ2n) is 5.73. The van der Waals surface area contributed by atoms with Crippen LogP contribution in [-0.2, 0) is 0 Å². The minimum Gasteiger partial charge on any atom is -0.350 e. The van der Waals surface area contributed by atoms with Gasteiger partial charge in [-0.1, -0.05) is 26.0 Å². The molecule has 0 saturated carbocycles. The molecule has 0 aliphatic heterocycles. The van der Waals surface area contributed by atoms with Gasteiger partial charge in [-0.25, -0.2) is 0 Å². The van der Waals surface area contributed by atoms with Gasteiger partial charge in [0.1, 0.15) is 5.56 Å². The van der Waals surface area contributed by atoms with E-state index in [4.69, 9.17) is 0 Å². The van der Waals surface area contributed by atoms with Crippen molar-refractivity contribution < 1.29 is 9.72 Å². The smallest absolute Gasteiger partial charge is 0.282 e. The molecule has 1 amide bonds. The Bertz CT molecular complexity index is 501. The lowest BCUT2D eigenvalue weighted by molar-refractivity contribution is -0.385. The van der Waals surface area contributed by atoms with Crippen molar-refractivity contribution in [3.05, 3.63) is 39.9 Å². The van der Waals surface area contributed by atoms with Gasteiger partial charge in [0.05, 0.1) is 4.92 Å². The summed E-state index contributed by atoms with van der Waals surface area (Å²) in [6.45, 7) is 4.72. The zero-order chi connectivity index (χ0) is 16.0. The fraction of sp³-hybridized carbons (Fsp3) is 0.533. The molecular weight excluding hydrogens is 270 g/mol. The zero-order valence-corrected chi connectivity index (χ0v) is 13.0.